The van der Waals surface area contributed by atoms with E-state index in [1.165, 1.54) is 46.1 Å². The molecule has 4 atom stereocenters. The van der Waals surface area contributed by atoms with E-state index in [0.717, 1.165) is 25.1 Å². The third-order valence-electron chi connectivity index (χ3n) is 7.09. The van der Waals surface area contributed by atoms with Crippen LogP contribution in [0.3, 0.4) is 0 Å². The van der Waals surface area contributed by atoms with Gasteiger partial charge < -0.3 is 24.3 Å². The summed E-state index contributed by atoms with van der Waals surface area (Å²) in [5.41, 5.74) is -4.13. The van der Waals surface area contributed by atoms with Gasteiger partial charge >= 0.3 is 12.5 Å². The van der Waals surface area contributed by atoms with Crippen molar-refractivity contribution < 1.29 is 45.7 Å². The predicted octanol–water partition coefficient (Wildman–Crippen LogP) is 5.87. The second-order valence-electron chi connectivity index (χ2n) is 10.1. The lowest BCUT2D eigenvalue weighted by atomic mass is 9.76. The van der Waals surface area contributed by atoms with E-state index in [2.05, 4.69) is 14.7 Å². The Hall–Kier alpha value is -3.32. The Bertz CT molecular complexity index is 1450. The number of rotatable bonds is 5. The summed E-state index contributed by atoms with van der Waals surface area (Å²) >= 11 is 0. The van der Waals surface area contributed by atoms with E-state index in [1.807, 2.05) is 0 Å². The SMILES string of the molecule is COc1cc(OC(F)(F)F)ccc1[C@H]1[C@H](c2cc(=O)c3nc(C(C)(C)O)ccc3[nH]2)O[C@@](C)(C(F)(F)F)[C@H]1C. The quantitative estimate of drug-likeness (QED) is 0.379. The fourth-order valence-corrected chi connectivity index (χ4v) is 4.87. The normalized spacial score (nSPS) is 24.3. The highest BCUT2D eigenvalue weighted by Gasteiger charge is 2.65. The number of benzene rings is 1. The van der Waals surface area contributed by atoms with Crippen LogP contribution in [0.4, 0.5) is 26.3 Å². The van der Waals surface area contributed by atoms with E-state index in [-0.39, 0.29) is 33.7 Å². The summed E-state index contributed by atoms with van der Waals surface area (Å²) in [4.78, 5) is 20.2. The topological polar surface area (TPSA) is 93.7 Å². The molecule has 13 heteroatoms. The molecule has 0 aliphatic carbocycles. The van der Waals surface area contributed by atoms with Crippen LogP contribution in [-0.4, -0.2) is 40.3 Å². The molecule has 1 saturated heterocycles. The van der Waals surface area contributed by atoms with E-state index in [0.29, 0.717) is 0 Å². The minimum absolute atomic E-state index is 0.00723. The summed E-state index contributed by atoms with van der Waals surface area (Å²) in [6, 6.07) is 7.12. The van der Waals surface area contributed by atoms with Gasteiger partial charge in [-0.1, -0.05) is 13.0 Å². The van der Waals surface area contributed by atoms with Gasteiger partial charge in [-0.15, -0.1) is 13.2 Å². The maximum absolute atomic E-state index is 14.3. The standard InChI is InChI=1S/C26H26F6N2O5/c1-12-20(14-7-6-13(10-18(14)37-5)38-26(30,31)32)22(39-24(12,4)25(27,28)29)16-11-17(35)21-15(33-16)8-9-19(34-21)23(2,3)36/h6-12,20,22,36H,1-5H3,(H,33,35)/t12-,20-,22-,24+/m0/s1. The minimum Gasteiger partial charge on any atom is -0.496 e. The lowest BCUT2D eigenvalue weighted by molar-refractivity contribution is -0.275. The fourth-order valence-electron chi connectivity index (χ4n) is 4.87. The largest absolute Gasteiger partial charge is 0.573 e. The van der Waals surface area contributed by atoms with Gasteiger partial charge in [-0.2, -0.15) is 13.2 Å². The number of hydrogen-bond acceptors (Lipinski definition) is 6. The Labute approximate surface area is 218 Å². The van der Waals surface area contributed by atoms with Crippen LogP contribution < -0.4 is 14.9 Å². The maximum atomic E-state index is 14.3. The van der Waals surface area contributed by atoms with Crippen LogP contribution >= 0.6 is 0 Å². The number of fused-ring (bicyclic) bond motifs is 1. The number of nitrogens with zero attached hydrogens (tertiary/aromatic N) is 1. The number of pyridine rings is 2. The first kappa shape index (κ1) is 28.7. The molecule has 1 fully saturated rings. The number of ether oxygens (including phenoxy) is 3. The Balaban J connectivity index is 1.88. The van der Waals surface area contributed by atoms with Crippen LogP contribution in [0.5, 0.6) is 11.5 Å². The molecule has 7 nitrogen and oxygen atoms in total. The highest BCUT2D eigenvalue weighted by Crippen LogP contribution is 2.59. The highest BCUT2D eigenvalue weighted by molar-refractivity contribution is 5.74. The van der Waals surface area contributed by atoms with Crippen molar-refractivity contribution in [3.63, 3.8) is 0 Å². The fraction of sp³-hybridized carbons (Fsp3) is 0.462. The van der Waals surface area contributed by atoms with Gasteiger partial charge in [0.15, 0.2) is 5.60 Å². The number of aromatic nitrogens is 2. The summed E-state index contributed by atoms with van der Waals surface area (Å²) in [6.07, 6.45) is -11.2. The molecular formula is C26H26F6N2O5. The zero-order chi connectivity index (χ0) is 29.1. The van der Waals surface area contributed by atoms with Crippen LogP contribution in [0.15, 0.2) is 41.2 Å². The number of aliphatic hydroxyl groups is 1. The third-order valence-corrected chi connectivity index (χ3v) is 7.09. The molecule has 1 aliphatic rings. The van der Waals surface area contributed by atoms with Crippen LogP contribution in [0.25, 0.3) is 11.0 Å². The minimum atomic E-state index is -4.99. The van der Waals surface area contributed by atoms with Gasteiger partial charge in [0.25, 0.3) is 0 Å². The second kappa shape index (κ2) is 9.40. The van der Waals surface area contributed by atoms with E-state index >= 15 is 0 Å². The van der Waals surface area contributed by atoms with E-state index < -0.39 is 52.9 Å². The molecule has 212 valence electrons. The zero-order valence-corrected chi connectivity index (χ0v) is 21.5. The first-order chi connectivity index (χ1) is 17.9. The number of halogens is 6. The number of alkyl halides is 6. The van der Waals surface area contributed by atoms with Gasteiger partial charge in [0.1, 0.15) is 28.7 Å². The van der Waals surface area contributed by atoms with Crippen molar-refractivity contribution in [3.8, 4) is 11.5 Å². The van der Waals surface area contributed by atoms with E-state index in [4.69, 9.17) is 9.47 Å². The van der Waals surface area contributed by atoms with Crippen molar-refractivity contribution in [2.24, 2.45) is 5.92 Å². The molecule has 0 unspecified atom stereocenters. The van der Waals surface area contributed by atoms with Gasteiger partial charge in [-0.25, -0.2) is 4.98 Å². The molecule has 0 radical (unpaired) electrons. The summed E-state index contributed by atoms with van der Waals surface area (Å²) in [6.45, 7) is 5.17. The first-order valence-corrected chi connectivity index (χ1v) is 11.8. The molecule has 0 bridgehead atoms. The third kappa shape index (κ3) is 5.29. The van der Waals surface area contributed by atoms with Crippen molar-refractivity contribution >= 4 is 11.0 Å². The second-order valence-corrected chi connectivity index (χ2v) is 10.1. The van der Waals surface area contributed by atoms with Crippen molar-refractivity contribution in [3.05, 3.63) is 63.6 Å². The molecule has 3 aromatic rings. The Morgan fingerprint density at radius 3 is 2.31 bits per heavy atom. The molecule has 4 rings (SSSR count). The number of H-pyrrole nitrogens is 1. The maximum Gasteiger partial charge on any atom is 0.573 e. The number of hydrogen-bond donors (Lipinski definition) is 2. The molecule has 2 aromatic heterocycles. The lowest BCUT2D eigenvalue weighted by Crippen LogP contribution is -2.46. The molecule has 0 saturated carbocycles. The van der Waals surface area contributed by atoms with E-state index in [1.54, 1.807) is 0 Å². The lowest BCUT2D eigenvalue weighted by Gasteiger charge is -2.32. The van der Waals surface area contributed by atoms with Gasteiger partial charge in [-0.3, -0.25) is 4.79 Å². The highest BCUT2D eigenvalue weighted by atomic mass is 19.4. The van der Waals surface area contributed by atoms with Gasteiger partial charge in [0, 0.05) is 35.2 Å². The van der Waals surface area contributed by atoms with Crippen LogP contribution in [0.2, 0.25) is 0 Å². The zero-order valence-electron chi connectivity index (χ0n) is 21.5. The van der Waals surface area contributed by atoms with Crippen LogP contribution in [0, 0.1) is 5.92 Å². The number of aromatic amines is 1. The molecule has 1 aromatic carbocycles. The summed E-state index contributed by atoms with van der Waals surface area (Å²) in [5, 5.41) is 10.2. The Morgan fingerprint density at radius 1 is 1.08 bits per heavy atom. The van der Waals surface area contributed by atoms with Crippen molar-refractivity contribution in [2.75, 3.05) is 7.11 Å². The van der Waals surface area contributed by atoms with Crippen LogP contribution in [0.1, 0.15) is 56.7 Å². The molecular weight excluding hydrogens is 534 g/mol. The molecule has 3 heterocycles. The summed E-state index contributed by atoms with van der Waals surface area (Å²) < 4.78 is 95.9. The van der Waals surface area contributed by atoms with E-state index in [9.17, 15) is 36.2 Å². The molecule has 2 N–H and O–H groups in total. The number of nitrogens with one attached hydrogen (secondary N) is 1. The summed E-state index contributed by atoms with van der Waals surface area (Å²) in [7, 11) is 1.17. The Kier molecular flexibility index (Phi) is 6.92. The summed E-state index contributed by atoms with van der Waals surface area (Å²) in [5.74, 6) is -3.13. The van der Waals surface area contributed by atoms with Gasteiger partial charge in [-0.05, 0) is 39.0 Å². The number of methoxy groups -OCH3 is 1. The smallest absolute Gasteiger partial charge is 0.496 e. The molecule has 39 heavy (non-hydrogen) atoms. The first-order valence-electron chi connectivity index (χ1n) is 11.8. The predicted molar refractivity (Wildman–Crippen MR) is 127 cm³/mol. The van der Waals surface area contributed by atoms with Gasteiger partial charge in [0.2, 0.25) is 5.43 Å². The average Bonchev–Trinajstić information content (AvgIpc) is 3.09. The van der Waals surface area contributed by atoms with Crippen molar-refractivity contribution in [2.45, 2.75) is 63.5 Å². The van der Waals surface area contributed by atoms with Crippen molar-refractivity contribution in [1.82, 2.24) is 9.97 Å². The van der Waals surface area contributed by atoms with Crippen LogP contribution in [-0.2, 0) is 10.3 Å². The Morgan fingerprint density at radius 2 is 1.74 bits per heavy atom. The van der Waals surface area contributed by atoms with Gasteiger partial charge in [0.05, 0.1) is 18.3 Å². The molecule has 0 spiro atoms. The average molecular weight is 560 g/mol. The van der Waals surface area contributed by atoms with Crippen molar-refractivity contribution in [1.29, 1.82) is 0 Å². The molecule has 0 amide bonds. The molecule has 1 aliphatic heterocycles. The monoisotopic (exact) mass is 560 g/mol.